The van der Waals surface area contributed by atoms with E-state index in [9.17, 15) is 4.79 Å². The predicted molar refractivity (Wildman–Crippen MR) is 97.7 cm³/mol. The Morgan fingerprint density at radius 3 is 2.48 bits per heavy atom. The van der Waals surface area contributed by atoms with Gasteiger partial charge in [-0.3, -0.25) is 19.6 Å². The van der Waals surface area contributed by atoms with Crippen LogP contribution in [0.25, 0.3) is 11.3 Å². The number of nitrogens with zero attached hydrogens (tertiary/aromatic N) is 7. The topological polar surface area (TPSA) is 93.2 Å². The molecule has 27 heavy (non-hydrogen) atoms. The van der Waals surface area contributed by atoms with Gasteiger partial charge >= 0.3 is 0 Å². The third kappa shape index (κ3) is 4.44. The van der Waals surface area contributed by atoms with E-state index < -0.39 is 0 Å². The van der Waals surface area contributed by atoms with Gasteiger partial charge in [0.05, 0.1) is 18.8 Å². The maximum atomic E-state index is 12.1. The molecule has 1 aliphatic rings. The molecule has 0 unspecified atom stereocenters. The van der Waals surface area contributed by atoms with E-state index >= 15 is 0 Å². The van der Waals surface area contributed by atoms with Crippen LogP contribution in [0.4, 0.5) is 0 Å². The summed E-state index contributed by atoms with van der Waals surface area (Å²) in [5.41, 5.74) is 1.65. The summed E-state index contributed by atoms with van der Waals surface area (Å²) < 4.78 is 6.32. The fourth-order valence-corrected chi connectivity index (χ4v) is 3.15. The van der Waals surface area contributed by atoms with E-state index in [4.69, 9.17) is 4.52 Å². The second-order valence-corrected chi connectivity index (χ2v) is 6.48. The first kappa shape index (κ1) is 17.5. The molecule has 0 saturated carbocycles. The van der Waals surface area contributed by atoms with Gasteiger partial charge in [-0.15, -0.1) is 0 Å². The smallest absolute Gasteiger partial charge is 0.266 e. The van der Waals surface area contributed by atoms with Gasteiger partial charge in [0.2, 0.25) is 6.39 Å². The van der Waals surface area contributed by atoms with Gasteiger partial charge in [-0.25, -0.2) is 4.68 Å². The normalized spacial score (nSPS) is 15.9. The Kier molecular flexibility index (Phi) is 5.31. The highest BCUT2D eigenvalue weighted by molar-refractivity contribution is 5.56. The molecule has 0 radical (unpaired) electrons. The van der Waals surface area contributed by atoms with Crippen molar-refractivity contribution in [3.05, 3.63) is 59.2 Å². The fourth-order valence-electron chi connectivity index (χ4n) is 3.15. The number of hydrogen-bond acceptors (Lipinski definition) is 8. The van der Waals surface area contributed by atoms with Gasteiger partial charge in [0, 0.05) is 56.7 Å². The average Bonchev–Trinajstić information content (AvgIpc) is 3.22. The van der Waals surface area contributed by atoms with Crippen molar-refractivity contribution in [2.24, 2.45) is 0 Å². The van der Waals surface area contributed by atoms with Gasteiger partial charge in [0.1, 0.15) is 0 Å². The van der Waals surface area contributed by atoms with Crippen molar-refractivity contribution in [3.63, 3.8) is 0 Å². The summed E-state index contributed by atoms with van der Waals surface area (Å²) in [6.07, 6.45) is 4.80. The lowest BCUT2D eigenvalue weighted by molar-refractivity contribution is 0.120. The maximum Gasteiger partial charge on any atom is 0.266 e. The molecule has 1 saturated heterocycles. The van der Waals surface area contributed by atoms with E-state index in [1.807, 2.05) is 12.1 Å². The van der Waals surface area contributed by atoms with E-state index in [0.717, 1.165) is 44.0 Å². The van der Waals surface area contributed by atoms with Crippen molar-refractivity contribution >= 4 is 0 Å². The first-order valence-electron chi connectivity index (χ1n) is 8.96. The molecule has 3 aromatic rings. The van der Waals surface area contributed by atoms with Crippen molar-refractivity contribution in [1.82, 2.24) is 34.7 Å². The Morgan fingerprint density at radius 2 is 1.74 bits per heavy atom. The third-order valence-electron chi connectivity index (χ3n) is 4.71. The van der Waals surface area contributed by atoms with E-state index in [-0.39, 0.29) is 5.56 Å². The lowest BCUT2D eigenvalue weighted by Gasteiger charge is -2.33. The van der Waals surface area contributed by atoms with Crippen LogP contribution in [0.15, 0.2) is 52.4 Å². The highest BCUT2D eigenvalue weighted by atomic mass is 16.5. The van der Waals surface area contributed by atoms with Crippen LogP contribution < -0.4 is 5.56 Å². The molecule has 9 nitrogen and oxygen atoms in total. The van der Waals surface area contributed by atoms with E-state index in [1.54, 1.807) is 29.2 Å². The summed E-state index contributed by atoms with van der Waals surface area (Å²) >= 11 is 0. The molecule has 9 heteroatoms. The van der Waals surface area contributed by atoms with Crippen molar-refractivity contribution in [1.29, 1.82) is 0 Å². The molecule has 0 spiro atoms. The first-order valence-corrected chi connectivity index (χ1v) is 8.96. The molecule has 4 heterocycles. The van der Waals surface area contributed by atoms with E-state index in [1.165, 1.54) is 6.39 Å². The molecule has 0 atom stereocenters. The van der Waals surface area contributed by atoms with Crippen LogP contribution in [0.2, 0.25) is 0 Å². The SMILES string of the molecule is O=c1ccc(-c2ccncc2)nn1CCN1CCN(Cc2ncon2)CC1. The van der Waals surface area contributed by atoms with Gasteiger partial charge in [-0.1, -0.05) is 5.16 Å². The van der Waals surface area contributed by atoms with Gasteiger partial charge < -0.3 is 4.52 Å². The van der Waals surface area contributed by atoms with Crippen LogP contribution in [0, 0.1) is 0 Å². The van der Waals surface area contributed by atoms with Crippen LogP contribution >= 0.6 is 0 Å². The molecule has 0 aliphatic carbocycles. The zero-order valence-corrected chi connectivity index (χ0v) is 14.9. The molecule has 0 N–H and O–H groups in total. The van der Waals surface area contributed by atoms with Crippen LogP contribution in [0.3, 0.4) is 0 Å². The number of rotatable bonds is 6. The molecule has 1 aliphatic heterocycles. The Balaban J connectivity index is 1.32. The number of aromatic nitrogens is 5. The second kappa shape index (κ2) is 8.19. The summed E-state index contributed by atoms with van der Waals surface area (Å²) in [6, 6.07) is 7.11. The Bertz CT molecular complexity index is 903. The standard InChI is InChI=1S/C18H21N7O2/c26-18-2-1-16(15-3-5-19-6-4-15)21-25(18)12-11-23-7-9-24(10-8-23)13-17-20-14-27-22-17/h1-6,14H,7-13H2. The minimum absolute atomic E-state index is 0.0800. The van der Waals surface area contributed by atoms with E-state index in [0.29, 0.717) is 18.9 Å². The minimum atomic E-state index is -0.0800. The maximum absolute atomic E-state index is 12.1. The van der Waals surface area contributed by atoms with Crippen molar-refractivity contribution in [3.8, 4) is 11.3 Å². The zero-order chi connectivity index (χ0) is 18.5. The molecular weight excluding hydrogens is 346 g/mol. The lowest BCUT2D eigenvalue weighted by atomic mass is 10.2. The van der Waals surface area contributed by atoms with E-state index in [2.05, 4.69) is 30.0 Å². The Labute approximate surface area is 156 Å². The summed E-state index contributed by atoms with van der Waals surface area (Å²) in [6.45, 7) is 5.83. The van der Waals surface area contributed by atoms with Crippen molar-refractivity contribution in [2.75, 3.05) is 32.7 Å². The third-order valence-corrected chi connectivity index (χ3v) is 4.71. The average molecular weight is 367 g/mol. The van der Waals surface area contributed by atoms with Gasteiger partial charge in [0.15, 0.2) is 5.82 Å². The molecule has 0 amide bonds. The fraction of sp³-hybridized carbons (Fsp3) is 0.389. The summed E-state index contributed by atoms with van der Waals surface area (Å²) in [5, 5.41) is 8.36. The monoisotopic (exact) mass is 367 g/mol. The van der Waals surface area contributed by atoms with Crippen LogP contribution in [-0.4, -0.2) is 67.4 Å². The van der Waals surface area contributed by atoms with Crippen molar-refractivity contribution in [2.45, 2.75) is 13.1 Å². The molecule has 0 aromatic carbocycles. The van der Waals surface area contributed by atoms with Crippen LogP contribution in [-0.2, 0) is 13.1 Å². The van der Waals surface area contributed by atoms with Gasteiger partial charge in [-0.2, -0.15) is 10.1 Å². The van der Waals surface area contributed by atoms with Crippen molar-refractivity contribution < 1.29 is 4.52 Å². The molecular formula is C18H21N7O2. The summed E-state index contributed by atoms with van der Waals surface area (Å²) in [4.78, 5) is 24.9. The molecule has 0 bridgehead atoms. The Hall–Kier alpha value is -2.91. The zero-order valence-electron chi connectivity index (χ0n) is 14.9. The molecule has 140 valence electrons. The predicted octanol–water partition coefficient (Wildman–Crippen LogP) is 0.506. The number of pyridine rings is 1. The molecule has 4 rings (SSSR count). The number of piperazine rings is 1. The van der Waals surface area contributed by atoms with Gasteiger partial charge in [0.25, 0.3) is 5.56 Å². The van der Waals surface area contributed by atoms with Crippen LogP contribution in [0.5, 0.6) is 0 Å². The quantitative estimate of drug-likeness (QED) is 0.622. The second-order valence-electron chi connectivity index (χ2n) is 6.48. The lowest BCUT2D eigenvalue weighted by Crippen LogP contribution is -2.47. The highest BCUT2D eigenvalue weighted by Crippen LogP contribution is 2.13. The summed E-state index contributed by atoms with van der Waals surface area (Å²) in [5.74, 6) is 0.715. The largest absolute Gasteiger partial charge is 0.343 e. The Morgan fingerprint density at radius 1 is 0.963 bits per heavy atom. The van der Waals surface area contributed by atoms with Gasteiger partial charge in [-0.05, 0) is 18.2 Å². The highest BCUT2D eigenvalue weighted by Gasteiger charge is 2.18. The summed E-state index contributed by atoms with van der Waals surface area (Å²) in [7, 11) is 0. The molecule has 3 aromatic heterocycles. The van der Waals surface area contributed by atoms with Crippen LogP contribution in [0.1, 0.15) is 5.82 Å². The first-order chi connectivity index (χ1) is 13.3. The molecule has 1 fully saturated rings. The number of hydrogen-bond donors (Lipinski definition) is 0. The minimum Gasteiger partial charge on any atom is -0.343 e.